The molecule has 0 aliphatic carbocycles. The molecule has 1 unspecified atom stereocenters. The third-order valence-corrected chi connectivity index (χ3v) is 7.51. The normalized spacial score (nSPS) is 13.7. The molecule has 9 heteroatoms. The predicted octanol–water partition coefficient (Wildman–Crippen LogP) is 3.20. The predicted molar refractivity (Wildman–Crippen MR) is 127 cm³/mol. The Morgan fingerprint density at radius 2 is 1.73 bits per heavy atom. The van der Waals surface area contributed by atoms with Crippen molar-refractivity contribution in [2.24, 2.45) is 5.92 Å². The third-order valence-electron chi connectivity index (χ3n) is 5.47. The smallest absolute Gasteiger partial charge is 0.251 e. The molecular formula is C24H35N3O5S. The van der Waals surface area contributed by atoms with Gasteiger partial charge < -0.3 is 15.1 Å². The van der Waals surface area contributed by atoms with Crippen LogP contribution >= 0.6 is 0 Å². The zero-order valence-electron chi connectivity index (χ0n) is 20.0. The monoisotopic (exact) mass is 477 g/mol. The van der Waals surface area contributed by atoms with E-state index >= 15 is 0 Å². The molecule has 1 aromatic heterocycles. The first kappa shape index (κ1) is 26.6. The number of sulfonamides is 1. The van der Waals surface area contributed by atoms with Crippen molar-refractivity contribution in [3.8, 4) is 0 Å². The van der Waals surface area contributed by atoms with Crippen molar-refractivity contribution in [1.82, 2.24) is 14.9 Å². The van der Waals surface area contributed by atoms with E-state index in [1.807, 2.05) is 32.9 Å². The first-order chi connectivity index (χ1) is 15.6. The quantitative estimate of drug-likeness (QED) is 0.488. The number of aryl methyl sites for hydroxylation is 1. The number of benzene rings is 1. The lowest BCUT2D eigenvalue weighted by Gasteiger charge is -2.24. The van der Waals surface area contributed by atoms with Crippen LogP contribution in [0, 0.1) is 5.92 Å². The van der Waals surface area contributed by atoms with Crippen molar-refractivity contribution in [1.29, 1.82) is 0 Å². The zero-order valence-corrected chi connectivity index (χ0v) is 20.8. The van der Waals surface area contributed by atoms with Gasteiger partial charge in [0.2, 0.25) is 15.9 Å². The Kier molecular flexibility index (Phi) is 9.67. The summed E-state index contributed by atoms with van der Waals surface area (Å²) in [6.07, 6.45) is 3.01. The fraction of sp³-hybridized carbons (Fsp3) is 0.500. The van der Waals surface area contributed by atoms with Crippen LogP contribution in [-0.4, -0.2) is 49.7 Å². The minimum Gasteiger partial charge on any atom is -0.469 e. The van der Waals surface area contributed by atoms with Crippen molar-refractivity contribution in [3.63, 3.8) is 0 Å². The minimum atomic E-state index is -3.69. The molecule has 2 aromatic rings. The highest BCUT2D eigenvalue weighted by Gasteiger charge is 2.27. The molecule has 0 radical (unpaired) electrons. The lowest BCUT2D eigenvalue weighted by Crippen LogP contribution is -2.51. The maximum Gasteiger partial charge on any atom is 0.251 e. The maximum absolute atomic E-state index is 12.9. The highest BCUT2D eigenvalue weighted by Crippen LogP contribution is 2.17. The second-order valence-corrected chi connectivity index (χ2v) is 10.3. The second kappa shape index (κ2) is 12.0. The number of amides is 2. The Hall–Kier alpha value is -2.65. The summed E-state index contributed by atoms with van der Waals surface area (Å²) in [7, 11) is -3.69. The first-order valence-electron chi connectivity index (χ1n) is 11.3. The van der Waals surface area contributed by atoms with E-state index < -0.39 is 22.0 Å². The van der Waals surface area contributed by atoms with E-state index in [0.717, 1.165) is 5.76 Å². The first-order valence-corrected chi connectivity index (χ1v) is 12.8. The molecule has 0 aliphatic heterocycles. The van der Waals surface area contributed by atoms with Crippen LogP contribution in [-0.2, 0) is 21.2 Å². The zero-order chi connectivity index (χ0) is 24.6. The van der Waals surface area contributed by atoms with Crippen LogP contribution < -0.4 is 10.6 Å². The average Bonchev–Trinajstić information content (AvgIpc) is 3.30. The summed E-state index contributed by atoms with van der Waals surface area (Å²) in [5, 5.41) is 5.71. The van der Waals surface area contributed by atoms with Crippen LogP contribution in [0.15, 0.2) is 52.0 Å². The largest absolute Gasteiger partial charge is 0.469 e. The van der Waals surface area contributed by atoms with Crippen LogP contribution in [0.4, 0.5) is 0 Å². The Morgan fingerprint density at radius 1 is 1.03 bits per heavy atom. The third kappa shape index (κ3) is 7.17. The van der Waals surface area contributed by atoms with Gasteiger partial charge in [-0.15, -0.1) is 0 Å². The molecule has 1 heterocycles. The number of furan rings is 1. The summed E-state index contributed by atoms with van der Waals surface area (Å²) < 4.78 is 32.3. The Morgan fingerprint density at radius 3 is 2.30 bits per heavy atom. The van der Waals surface area contributed by atoms with Crippen LogP contribution in [0.3, 0.4) is 0 Å². The van der Waals surface area contributed by atoms with Gasteiger partial charge >= 0.3 is 0 Å². The number of carbonyl (C=O) groups excluding carboxylic acids is 2. The summed E-state index contributed by atoms with van der Waals surface area (Å²) in [5.41, 5.74) is 0.188. The van der Waals surface area contributed by atoms with Gasteiger partial charge in [0.05, 0.1) is 11.2 Å². The van der Waals surface area contributed by atoms with Gasteiger partial charge in [0.25, 0.3) is 5.91 Å². The van der Waals surface area contributed by atoms with E-state index in [-0.39, 0.29) is 28.3 Å². The number of carbonyl (C=O) groups is 2. The lowest BCUT2D eigenvalue weighted by molar-refractivity contribution is -0.124. The van der Waals surface area contributed by atoms with Crippen molar-refractivity contribution in [2.75, 3.05) is 13.1 Å². The Labute approximate surface area is 196 Å². The number of rotatable bonds is 12. The molecular weight excluding hydrogens is 442 g/mol. The van der Waals surface area contributed by atoms with Crippen molar-refractivity contribution < 1.29 is 22.4 Å². The summed E-state index contributed by atoms with van der Waals surface area (Å²) in [6.45, 7) is 9.80. The fourth-order valence-electron chi connectivity index (χ4n) is 3.49. The van der Waals surface area contributed by atoms with Gasteiger partial charge in [0, 0.05) is 31.1 Å². The van der Waals surface area contributed by atoms with Gasteiger partial charge in [-0.3, -0.25) is 9.59 Å². The van der Waals surface area contributed by atoms with Crippen LogP contribution in [0.1, 0.15) is 57.2 Å². The summed E-state index contributed by atoms with van der Waals surface area (Å²) in [6, 6.07) is 8.74. The van der Waals surface area contributed by atoms with Gasteiger partial charge in [-0.25, -0.2) is 8.42 Å². The van der Waals surface area contributed by atoms with Gasteiger partial charge in [-0.1, -0.05) is 33.8 Å². The van der Waals surface area contributed by atoms with Gasteiger partial charge in [0.15, 0.2) is 0 Å². The van der Waals surface area contributed by atoms with E-state index in [2.05, 4.69) is 10.6 Å². The molecule has 2 atom stereocenters. The standard InChI is InChI=1S/C24H35N3O5S/c1-6-27(7-2)33(30,31)21-12-8-10-19(16-21)23(28)26-22(17(3)4)24(29)25-18(5)13-14-20-11-9-15-32-20/h8-12,15-18,22H,6-7,13-14H2,1-5H3,(H,25,29)(H,26,28)/t18?,22-/m0/s1. The molecule has 0 saturated carbocycles. The second-order valence-electron chi connectivity index (χ2n) is 8.34. The van der Waals surface area contributed by atoms with Gasteiger partial charge in [0.1, 0.15) is 11.8 Å². The highest BCUT2D eigenvalue weighted by atomic mass is 32.2. The molecule has 0 aliphatic rings. The van der Waals surface area contributed by atoms with Crippen LogP contribution in [0.25, 0.3) is 0 Å². The molecule has 2 N–H and O–H groups in total. The van der Waals surface area contributed by atoms with E-state index in [0.29, 0.717) is 25.9 Å². The minimum absolute atomic E-state index is 0.0518. The summed E-state index contributed by atoms with van der Waals surface area (Å²) in [5.74, 6) is -0.0842. The molecule has 1 aromatic carbocycles. The summed E-state index contributed by atoms with van der Waals surface area (Å²) in [4.78, 5) is 25.8. The number of nitrogens with one attached hydrogen (secondary N) is 2. The number of hydrogen-bond donors (Lipinski definition) is 2. The van der Waals surface area contributed by atoms with E-state index in [1.165, 1.54) is 28.6 Å². The SMILES string of the molecule is CCN(CC)S(=O)(=O)c1cccc(C(=O)N[C@H](C(=O)NC(C)CCc2ccco2)C(C)C)c1. The Balaban J connectivity index is 2.08. The molecule has 0 bridgehead atoms. The number of hydrogen-bond acceptors (Lipinski definition) is 5. The van der Waals surface area contributed by atoms with E-state index in [1.54, 1.807) is 20.1 Å². The molecule has 182 valence electrons. The molecule has 0 saturated heterocycles. The summed E-state index contributed by atoms with van der Waals surface area (Å²) >= 11 is 0. The molecule has 0 spiro atoms. The highest BCUT2D eigenvalue weighted by molar-refractivity contribution is 7.89. The molecule has 33 heavy (non-hydrogen) atoms. The van der Waals surface area contributed by atoms with Gasteiger partial charge in [-0.05, 0) is 49.6 Å². The molecule has 2 amide bonds. The topological polar surface area (TPSA) is 109 Å². The van der Waals surface area contributed by atoms with Crippen molar-refractivity contribution in [2.45, 2.75) is 64.4 Å². The molecule has 2 rings (SSSR count). The van der Waals surface area contributed by atoms with E-state index in [9.17, 15) is 18.0 Å². The molecule has 8 nitrogen and oxygen atoms in total. The Bertz CT molecular complexity index is 1010. The molecule has 0 fully saturated rings. The lowest BCUT2D eigenvalue weighted by atomic mass is 10.0. The van der Waals surface area contributed by atoms with Crippen LogP contribution in [0.2, 0.25) is 0 Å². The van der Waals surface area contributed by atoms with Crippen molar-refractivity contribution >= 4 is 21.8 Å². The van der Waals surface area contributed by atoms with E-state index in [4.69, 9.17) is 4.42 Å². The fourth-order valence-corrected chi connectivity index (χ4v) is 4.99. The van der Waals surface area contributed by atoms with Gasteiger partial charge in [-0.2, -0.15) is 4.31 Å². The number of nitrogens with zero attached hydrogens (tertiary/aromatic N) is 1. The maximum atomic E-state index is 12.9. The van der Waals surface area contributed by atoms with Crippen LogP contribution in [0.5, 0.6) is 0 Å². The average molecular weight is 478 g/mol. The van der Waals surface area contributed by atoms with Crippen molar-refractivity contribution in [3.05, 3.63) is 54.0 Å².